The van der Waals surface area contributed by atoms with E-state index in [1.807, 2.05) is 5.48 Å². The molecule has 0 aliphatic carbocycles. The number of aliphatic hydroxyl groups excluding tert-OH is 1. The minimum Gasteiger partial charge on any atom is -0.374 e. The average molecular weight is 210 g/mol. The van der Waals surface area contributed by atoms with Crippen molar-refractivity contribution in [1.29, 1.82) is 0 Å². The van der Waals surface area contributed by atoms with Crippen molar-refractivity contribution in [1.82, 2.24) is 10.5 Å². The van der Waals surface area contributed by atoms with Gasteiger partial charge in [-0.25, -0.2) is 15.1 Å². The number of rotatable bonds is 3. The Morgan fingerprint density at radius 3 is 2.07 bits per heavy atom. The number of carbonyl (C=O) groups is 2. The molecule has 0 atom stereocenters. The Morgan fingerprint density at radius 1 is 1.43 bits per heavy atom. The summed E-state index contributed by atoms with van der Waals surface area (Å²) in [5.41, 5.74) is 10.4. The maximum Gasteiger partial charge on any atom is 0.367 e. The highest BCUT2D eigenvalue weighted by Crippen LogP contribution is 1.85. The van der Waals surface area contributed by atoms with Crippen molar-refractivity contribution >= 4 is 12.1 Å². The van der Waals surface area contributed by atoms with Gasteiger partial charge < -0.3 is 16.6 Å². The third kappa shape index (κ3) is 10.4. The predicted octanol–water partition coefficient (Wildman–Crippen LogP) is -1.91. The highest BCUT2D eigenvalue weighted by atomic mass is 16.7. The molecule has 0 heterocycles. The lowest BCUT2D eigenvalue weighted by Gasteiger charge is -2.15. The van der Waals surface area contributed by atoms with Crippen molar-refractivity contribution < 1.29 is 24.4 Å². The first-order valence-electron chi connectivity index (χ1n) is 3.29. The lowest BCUT2D eigenvalue weighted by atomic mass is 11.0. The van der Waals surface area contributed by atoms with E-state index < -0.39 is 18.8 Å². The summed E-state index contributed by atoms with van der Waals surface area (Å²) in [5, 5.41) is 9.09. The smallest absolute Gasteiger partial charge is 0.367 e. The molecule has 0 spiro atoms. The lowest BCUT2D eigenvalue weighted by Crippen LogP contribution is -2.39. The van der Waals surface area contributed by atoms with Gasteiger partial charge in [0.25, 0.3) is 0 Å². The van der Waals surface area contributed by atoms with Crippen molar-refractivity contribution in [3.63, 3.8) is 0 Å². The van der Waals surface area contributed by atoms with Gasteiger partial charge in [-0.1, -0.05) is 0 Å². The number of carbonyl (C=O) groups excluding carboxylic acids is 2. The second-order valence-electron chi connectivity index (χ2n) is 1.72. The molecule has 0 aliphatic rings. The van der Waals surface area contributed by atoms with Crippen molar-refractivity contribution in [3.05, 3.63) is 0 Å². The van der Waals surface area contributed by atoms with Crippen LogP contribution in [0.4, 0.5) is 9.59 Å². The maximum absolute atomic E-state index is 10.6. The number of aliphatic hydroxyl groups is 1. The quantitative estimate of drug-likeness (QED) is 0.318. The molecule has 0 aromatic carbocycles. The van der Waals surface area contributed by atoms with E-state index in [0.29, 0.717) is 5.06 Å². The van der Waals surface area contributed by atoms with Gasteiger partial charge in [0.05, 0.1) is 14.2 Å². The molecule has 0 aliphatic heterocycles. The van der Waals surface area contributed by atoms with E-state index in [1.54, 1.807) is 0 Å². The number of nitrogens with zero attached hydrogens (tertiary/aromatic N) is 1. The topological polar surface area (TPSA) is 140 Å². The molecule has 6 N–H and O–H groups in total. The van der Waals surface area contributed by atoms with Crippen molar-refractivity contribution in [2.24, 2.45) is 11.5 Å². The second kappa shape index (κ2) is 9.51. The molecule has 0 aromatic rings. The number of urea groups is 2. The first-order chi connectivity index (χ1) is 6.49. The molecule has 9 nitrogen and oxygen atoms in total. The van der Waals surface area contributed by atoms with Gasteiger partial charge in [0, 0.05) is 0 Å². The molecule has 84 valence electrons. The number of hydrogen-bond acceptors (Lipinski definition) is 5. The van der Waals surface area contributed by atoms with Crippen LogP contribution in [-0.4, -0.2) is 43.2 Å². The molecule has 0 radical (unpaired) electrons. The molecule has 0 saturated heterocycles. The van der Waals surface area contributed by atoms with Gasteiger partial charge in [-0.15, -0.1) is 0 Å². The van der Waals surface area contributed by atoms with Crippen LogP contribution in [0.1, 0.15) is 0 Å². The van der Waals surface area contributed by atoms with Crippen LogP contribution in [0.25, 0.3) is 0 Å². The molecule has 0 bridgehead atoms. The fourth-order valence-electron chi connectivity index (χ4n) is 0.343. The fraction of sp³-hybridized carbons (Fsp3) is 0.600. The molecule has 0 saturated carbocycles. The molecule has 0 aromatic heterocycles. The van der Waals surface area contributed by atoms with Gasteiger partial charge in [0.2, 0.25) is 0 Å². The van der Waals surface area contributed by atoms with E-state index in [-0.39, 0.29) is 0 Å². The monoisotopic (exact) mass is 210 g/mol. The summed E-state index contributed by atoms with van der Waals surface area (Å²) >= 11 is 0. The largest absolute Gasteiger partial charge is 0.374 e. The zero-order chi connectivity index (χ0) is 11.6. The number of hydroxylamine groups is 3. The third-order valence-corrected chi connectivity index (χ3v) is 0.765. The average Bonchev–Trinajstić information content (AvgIpc) is 2.06. The Hall–Kier alpha value is -1.58. The van der Waals surface area contributed by atoms with Crippen LogP contribution in [0.2, 0.25) is 0 Å². The van der Waals surface area contributed by atoms with Crippen LogP contribution in [0.15, 0.2) is 0 Å². The number of amides is 4. The molecule has 4 amide bonds. The highest BCUT2D eigenvalue weighted by molar-refractivity contribution is 5.71. The normalized spacial score (nSPS) is 8.21. The highest BCUT2D eigenvalue weighted by Gasteiger charge is 2.09. The Balaban J connectivity index is 0. The Morgan fingerprint density at radius 2 is 1.86 bits per heavy atom. The summed E-state index contributed by atoms with van der Waals surface area (Å²) in [6.45, 7) is -0.522. The minimum atomic E-state index is -0.833. The van der Waals surface area contributed by atoms with Crippen molar-refractivity contribution in [2.45, 2.75) is 0 Å². The molecule has 9 heteroatoms. The molecular weight excluding hydrogens is 196 g/mol. The van der Waals surface area contributed by atoms with E-state index >= 15 is 0 Å². The van der Waals surface area contributed by atoms with Gasteiger partial charge in [0.15, 0.2) is 0 Å². The first kappa shape index (κ1) is 14.9. The standard InChI is InChI=1S/C4H10N2O4.CH4N2O/c1-9-5-4(8)6(3-7)10-2;2-1(3)4/h7H,3H2,1-2H3,(H,5,8);(H4,2,3,4). The maximum atomic E-state index is 10.6. The Labute approximate surface area is 80.4 Å². The zero-order valence-electron chi connectivity index (χ0n) is 7.89. The number of nitrogens with one attached hydrogen (secondary N) is 1. The number of primary amides is 2. The first-order valence-corrected chi connectivity index (χ1v) is 3.29. The van der Waals surface area contributed by atoms with Crippen LogP contribution < -0.4 is 16.9 Å². The van der Waals surface area contributed by atoms with Crippen molar-refractivity contribution in [2.75, 3.05) is 21.0 Å². The van der Waals surface area contributed by atoms with Gasteiger partial charge >= 0.3 is 12.1 Å². The van der Waals surface area contributed by atoms with Crippen LogP contribution in [-0.2, 0) is 9.68 Å². The summed E-state index contributed by atoms with van der Waals surface area (Å²) in [6.07, 6.45) is 0. The summed E-state index contributed by atoms with van der Waals surface area (Å²) in [6, 6.07) is -1.49. The molecule has 0 fully saturated rings. The van der Waals surface area contributed by atoms with Gasteiger partial charge in [0.1, 0.15) is 6.73 Å². The van der Waals surface area contributed by atoms with Crippen LogP contribution >= 0.6 is 0 Å². The van der Waals surface area contributed by atoms with Gasteiger partial charge in [-0.2, -0.15) is 5.06 Å². The minimum absolute atomic E-state index is 0.522. The van der Waals surface area contributed by atoms with Crippen molar-refractivity contribution in [3.8, 4) is 0 Å². The van der Waals surface area contributed by atoms with Crippen LogP contribution in [0.3, 0.4) is 0 Å². The SMILES string of the molecule is CONC(=O)N(CO)OC.NC(N)=O. The zero-order valence-corrected chi connectivity index (χ0v) is 7.89. The molecule has 0 unspecified atom stereocenters. The molecule has 14 heavy (non-hydrogen) atoms. The van der Waals surface area contributed by atoms with Gasteiger partial charge in [-0.3, -0.25) is 9.68 Å². The van der Waals surface area contributed by atoms with Crippen LogP contribution in [0, 0.1) is 0 Å². The number of nitrogens with two attached hydrogens (primary N) is 2. The molecular formula is C5H14N4O5. The van der Waals surface area contributed by atoms with Gasteiger partial charge in [-0.05, 0) is 0 Å². The second-order valence-corrected chi connectivity index (χ2v) is 1.72. The predicted molar refractivity (Wildman–Crippen MR) is 45.2 cm³/mol. The summed E-state index contributed by atoms with van der Waals surface area (Å²) < 4.78 is 0. The van der Waals surface area contributed by atoms with E-state index in [2.05, 4.69) is 21.1 Å². The molecule has 0 rings (SSSR count). The third-order valence-electron chi connectivity index (χ3n) is 0.765. The summed E-state index contributed by atoms with van der Waals surface area (Å²) in [4.78, 5) is 28.3. The summed E-state index contributed by atoms with van der Waals surface area (Å²) in [5.74, 6) is 0. The van der Waals surface area contributed by atoms with E-state index in [1.165, 1.54) is 14.2 Å². The Kier molecular flexibility index (Phi) is 10.1. The van der Waals surface area contributed by atoms with Crippen LogP contribution in [0.5, 0.6) is 0 Å². The van der Waals surface area contributed by atoms with E-state index in [9.17, 15) is 4.79 Å². The fourth-order valence-corrected chi connectivity index (χ4v) is 0.343. The Bertz CT molecular complexity index is 168. The lowest BCUT2D eigenvalue weighted by molar-refractivity contribution is -0.138. The summed E-state index contributed by atoms with van der Waals surface area (Å²) in [7, 11) is 2.54. The van der Waals surface area contributed by atoms with E-state index in [4.69, 9.17) is 9.90 Å². The number of hydrogen-bond donors (Lipinski definition) is 4. The van der Waals surface area contributed by atoms with E-state index in [0.717, 1.165) is 0 Å².